The average molecular weight is 178 g/mol. The maximum Gasteiger partial charge on any atom is 0.222 e. The van der Waals surface area contributed by atoms with E-state index in [1.54, 1.807) is 0 Å². The predicted octanol–water partition coefficient (Wildman–Crippen LogP) is 2.36. The molecule has 0 spiro atoms. The van der Waals surface area contributed by atoms with Gasteiger partial charge >= 0.3 is 0 Å². The van der Waals surface area contributed by atoms with Crippen molar-refractivity contribution in [2.24, 2.45) is 0 Å². The lowest BCUT2D eigenvalue weighted by Crippen LogP contribution is -2.09. The molecule has 0 bridgehead atoms. The normalized spacial score (nSPS) is 21.8. The van der Waals surface area contributed by atoms with Gasteiger partial charge in [0.15, 0.2) is 5.76 Å². The molecular weight excluding hydrogens is 164 g/mol. The van der Waals surface area contributed by atoms with Crippen molar-refractivity contribution < 1.29 is 9.53 Å². The second-order valence-corrected chi connectivity index (χ2v) is 3.51. The number of hydrogen-bond donors (Lipinski definition) is 0. The van der Waals surface area contributed by atoms with Gasteiger partial charge in [0.1, 0.15) is 0 Å². The zero-order valence-corrected chi connectivity index (χ0v) is 7.71. The van der Waals surface area contributed by atoms with Crippen molar-refractivity contribution in [2.45, 2.75) is 32.1 Å². The monoisotopic (exact) mass is 178 g/mol. The largest absolute Gasteiger partial charge is 0.489 e. The van der Waals surface area contributed by atoms with Crippen molar-refractivity contribution in [3.05, 3.63) is 23.5 Å². The van der Waals surface area contributed by atoms with Crippen molar-refractivity contribution in [3.8, 4) is 0 Å². The van der Waals surface area contributed by atoms with Gasteiger partial charge in [0.05, 0.1) is 6.61 Å². The number of allylic oxidation sites excluding steroid dienone is 2. The van der Waals surface area contributed by atoms with E-state index in [9.17, 15) is 4.79 Å². The molecule has 1 aliphatic heterocycles. The summed E-state index contributed by atoms with van der Waals surface area (Å²) in [5.41, 5.74) is 0.958. The summed E-state index contributed by atoms with van der Waals surface area (Å²) in [7, 11) is 0. The van der Waals surface area contributed by atoms with E-state index in [1.807, 2.05) is 6.08 Å². The second kappa shape index (κ2) is 3.77. The van der Waals surface area contributed by atoms with E-state index in [-0.39, 0.29) is 5.78 Å². The average Bonchev–Trinajstić information content (AvgIpc) is 2.71. The summed E-state index contributed by atoms with van der Waals surface area (Å²) >= 11 is 0. The third kappa shape index (κ3) is 1.82. The van der Waals surface area contributed by atoms with Crippen molar-refractivity contribution in [2.75, 3.05) is 6.61 Å². The third-order valence-electron chi connectivity index (χ3n) is 2.51. The van der Waals surface area contributed by atoms with Gasteiger partial charge in [-0.05, 0) is 37.3 Å². The van der Waals surface area contributed by atoms with Crippen LogP contribution in [0.15, 0.2) is 23.5 Å². The van der Waals surface area contributed by atoms with E-state index < -0.39 is 0 Å². The predicted molar refractivity (Wildman–Crippen MR) is 50.2 cm³/mol. The van der Waals surface area contributed by atoms with E-state index in [2.05, 4.69) is 6.08 Å². The van der Waals surface area contributed by atoms with Crippen LogP contribution in [0.4, 0.5) is 0 Å². The smallest absolute Gasteiger partial charge is 0.222 e. The van der Waals surface area contributed by atoms with Crippen LogP contribution in [-0.4, -0.2) is 12.4 Å². The zero-order valence-electron chi connectivity index (χ0n) is 7.71. The molecule has 2 rings (SSSR count). The highest BCUT2D eigenvalue weighted by Crippen LogP contribution is 2.23. The SMILES string of the molecule is O=C(C1=CCCCC1)C1=CCCO1. The van der Waals surface area contributed by atoms with E-state index in [1.165, 1.54) is 6.42 Å². The molecule has 0 aromatic carbocycles. The van der Waals surface area contributed by atoms with Gasteiger partial charge in [-0.1, -0.05) is 6.08 Å². The number of hydrogen-bond acceptors (Lipinski definition) is 2. The molecule has 2 nitrogen and oxygen atoms in total. The lowest BCUT2D eigenvalue weighted by atomic mass is 9.95. The fourth-order valence-corrected chi connectivity index (χ4v) is 1.78. The summed E-state index contributed by atoms with van der Waals surface area (Å²) in [6, 6.07) is 0. The Hall–Kier alpha value is -1.05. The number of carbonyl (C=O) groups excluding carboxylic acids is 1. The molecule has 0 saturated heterocycles. The molecule has 0 N–H and O–H groups in total. The van der Waals surface area contributed by atoms with Crippen molar-refractivity contribution in [1.29, 1.82) is 0 Å². The topological polar surface area (TPSA) is 26.3 Å². The number of rotatable bonds is 2. The Kier molecular flexibility index (Phi) is 2.48. The molecule has 0 aromatic heterocycles. The van der Waals surface area contributed by atoms with Crippen LogP contribution >= 0.6 is 0 Å². The van der Waals surface area contributed by atoms with Gasteiger partial charge in [0, 0.05) is 6.42 Å². The van der Waals surface area contributed by atoms with E-state index in [4.69, 9.17) is 4.74 Å². The summed E-state index contributed by atoms with van der Waals surface area (Å²) < 4.78 is 5.24. The standard InChI is InChI=1S/C11H14O2/c12-11(10-7-4-8-13-10)9-5-2-1-3-6-9/h5,7H,1-4,6,8H2. The Morgan fingerprint density at radius 1 is 1.23 bits per heavy atom. The van der Waals surface area contributed by atoms with Crippen LogP contribution < -0.4 is 0 Å². The summed E-state index contributed by atoms with van der Waals surface area (Å²) in [5, 5.41) is 0. The van der Waals surface area contributed by atoms with E-state index in [0.717, 1.165) is 31.3 Å². The highest BCUT2D eigenvalue weighted by molar-refractivity contribution is 6.07. The zero-order chi connectivity index (χ0) is 9.10. The number of ketones is 1. The summed E-state index contributed by atoms with van der Waals surface area (Å²) in [4.78, 5) is 11.7. The van der Waals surface area contributed by atoms with E-state index in [0.29, 0.717) is 12.4 Å². The minimum atomic E-state index is 0.122. The Morgan fingerprint density at radius 2 is 2.15 bits per heavy atom. The molecule has 2 aliphatic rings. The molecule has 13 heavy (non-hydrogen) atoms. The lowest BCUT2D eigenvalue weighted by molar-refractivity contribution is -0.115. The molecule has 2 heteroatoms. The van der Waals surface area contributed by atoms with Crippen LogP contribution in [0.25, 0.3) is 0 Å². The van der Waals surface area contributed by atoms with Gasteiger partial charge in [0.25, 0.3) is 0 Å². The molecule has 0 amide bonds. The first-order valence-corrected chi connectivity index (χ1v) is 4.94. The maximum atomic E-state index is 11.7. The van der Waals surface area contributed by atoms with Crippen LogP contribution in [0.5, 0.6) is 0 Å². The fourth-order valence-electron chi connectivity index (χ4n) is 1.78. The fraction of sp³-hybridized carbons (Fsp3) is 0.545. The molecule has 1 aliphatic carbocycles. The Morgan fingerprint density at radius 3 is 2.77 bits per heavy atom. The van der Waals surface area contributed by atoms with Gasteiger partial charge < -0.3 is 4.74 Å². The maximum absolute atomic E-state index is 11.7. The first-order valence-electron chi connectivity index (χ1n) is 4.94. The van der Waals surface area contributed by atoms with Gasteiger partial charge in [-0.25, -0.2) is 0 Å². The second-order valence-electron chi connectivity index (χ2n) is 3.51. The summed E-state index contributed by atoms with van der Waals surface area (Å²) in [6.07, 6.45) is 9.19. The van der Waals surface area contributed by atoms with Crippen LogP contribution in [0.3, 0.4) is 0 Å². The van der Waals surface area contributed by atoms with Crippen molar-refractivity contribution in [1.82, 2.24) is 0 Å². The molecule has 0 atom stereocenters. The molecule has 0 radical (unpaired) electrons. The van der Waals surface area contributed by atoms with Crippen LogP contribution in [0.1, 0.15) is 32.1 Å². The Bertz CT molecular complexity index is 274. The Balaban J connectivity index is 2.07. The Labute approximate surface area is 78.3 Å². The lowest BCUT2D eigenvalue weighted by Gasteiger charge is -2.11. The summed E-state index contributed by atoms with van der Waals surface area (Å²) in [6.45, 7) is 0.675. The number of ether oxygens (including phenoxy) is 1. The van der Waals surface area contributed by atoms with Crippen LogP contribution in [-0.2, 0) is 9.53 Å². The molecule has 0 unspecified atom stereocenters. The summed E-state index contributed by atoms with van der Waals surface area (Å²) in [5.74, 6) is 0.699. The quantitative estimate of drug-likeness (QED) is 0.648. The third-order valence-corrected chi connectivity index (χ3v) is 2.51. The van der Waals surface area contributed by atoms with Crippen LogP contribution in [0, 0.1) is 0 Å². The molecule has 0 aromatic rings. The van der Waals surface area contributed by atoms with Crippen molar-refractivity contribution in [3.63, 3.8) is 0 Å². The minimum absolute atomic E-state index is 0.122. The van der Waals surface area contributed by atoms with Gasteiger partial charge in [-0.3, -0.25) is 4.79 Å². The molecule has 0 saturated carbocycles. The van der Waals surface area contributed by atoms with Crippen LogP contribution in [0.2, 0.25) is 0 Å². The number of carbonyl (C=O) groups is 1. The first-order chi connectivity index (χ1) is 6.38. The molecule has 0 fully saturated rings. The first kappa shape index (κ1) is 8.54. The van der Waals surface area contributed by atoms with Gasteiger partial charge in [-0.2, -0.15) is 0 Å². The number of Topliss-reactive ketones (excluding diaryl/α,β-unsaturated/α-hetero) is 1. The minimum Gasteiger partial charge on any atom is -0.489 e. The molecular formula is C11H14O2. The molecule has 70 valence electrons. The highest BCUT2D eigenvalue weighted by Gasteiger charge is 2.19. The van der Waals surface area contributed by atoms with Gasteiger partial charge in [-0.15, -0.1) is 0 Å². The van der Waals surface area contributed by atoms with Crippen molar-refractivity contribution >= 4 is 5.78 Å². The molecule has 1 heterocycles. The van der Waals surface area contributed by atoms with Gasteiger partial charge in [0.2, 0.25) is 5.78 Å². The van der Waals surface area contributed by atoms with E-state index >= 15 is 0 Å². The highest BCUT2D eigenvalue weighted by atomic mass is 16.5.